The van der Waals surface area contributed by atoms with Gasteiger partial charge in [-0.1, -0.05) is 48.9 Å². The number of aryl methyl sites for hydroxylation is 4. The summed E-state index contributed by atoms with van der Waals surface area (Å²) < 4.78 is 13.5. The normalized spacial score (nSPS) is 11.2. The minimum absolute atomic E-state index is 0.0425. The average Bonchev–Trinajstić information content (AvgIpc) is 3.27. The summed E-state index contributed by atoms with van der Waals surface area (Å²) in [7, 11) is 1.61. The van der Waals surface area contributed by atoms with Crippen LogP contribution in [0.3, 0.4) is 0 Å². The number of aromatic nitrogens is 2. The van der Waals surface area contributed by atoms with E-state index < -0.39 is 0 Å². The Kier molecular flexibility index (Phi) is 8.67. The third kappa shape index (κ3) is 5.91. The molecule has 5 aromatic rings. The van der Waals surface area contributed by atoms with Gasteiger partial charge in [0, 0.05) is 29.9 Å². The van der Waals surface area contributed by atoms with Gasteiger partial charge in [0.05, 0.1) is 36.7 Å². The smallest absolute Gasteiger partial charge is 0.224 e. The molecule has 42 heavy (non-hydrogen) atoms. The zero-order chi connectivity index (χ0) is 29.8. The van der Waals surface area contributed by atoms with E-state index in [0.29, 0.717) is 31.2 Å². The fourth-order valence-corrected chi connectivity index (χ4v) is 5.77. The Balaban J connectivity index is 1.34. The van der Waals surface area contributed by atoms with Crippen LogP contribution in [0.5, 0.6) is 11.5 Å². The van der Waals surface area contributed by atoms with Crippen molar-refractivity contribution < 1.29 is 14.3 Å². The Morgan fingerprint density at radius 2 is 1.69 bits per heavy atom. The number of carbonyl (C=O) groups excluding carboxylic acids is 1. The summed E-state index contributed by atoms with van der Waals surface area (Å²) in [6.45, 7) is 12.2. The van der Waals surface area contributed by atoms with E-state index in [1.54, 1.807) is 7.11 Å². The van der Waals surface area contributed by atoms with Crippen LogP contribution in [-0.4, -0.2) is 42.3 Å². The predicted molar refractivity (Wildman–Crippen MR) is 172 cm³/mol. The van der Waals surface area contributed by atoms with Crippen LogP contribution in [0.4, 0.5) is 5.69 Å². The van der Waals surface area contributed by atoms with E-state index in [-0.39, 0.29) is 12.3 Å². The Hall–Kier alpha value is -4.52. The summed E-state index contributed by atoms with van der Waals surface area (Å²) in [4.78, 5) is 17.8. The average molecular weight is 565 g/mol. The number of pyridine rings is 1. The number of nitrogens with zero attached hydrogens (tertiary/aromatic N) is 2. The van der Waals surface area contributed by atoms with Crippen LogP contribution in [0, 0.1) is 27.7 Å². The van der Waals surface area contributed by atoms with Crippen LogP contribution < -0.4 is 20.1 Å². The molecular formula is C35H40N4O3. The topological polar surface area (TPSA) is 77.4 Å². The van der Waals surface area contributed by atoms with Crippen molar-refractivity contribution in [2.24, 2.45) is 0 Å². The van der Waals surface area contributed by atoms with Gasteiger partial charge in [0.1, 0.15) is 5.65 Å². The first kappa shape index (κ1) is 29.0. The molecule has 5 rings (SSSR count). The van der Waals surface area contributed by atoms with E-state index in [4.69, 9.17) is 14.5 Å². The first-order valence-corrected chi connectivity index (χ1v) is 14.6. The lowest BCUT2D eigenvalue weighted by atomic mass is 10.0. The zero-order valence-corrected chi connectivity index (χ0v) is 25.4. The minimum Gasteiger partial charge on any atom is -0.493 e. The highest BCUT2D eigenvalue weighted by atomic mass is 16.5. The molecule has 0 bridgehead atoms. The molecule has 0 saturated heterocycles. The van der Waals surface area contributed by atoms with Gasteiger partial charge in [-0.05, 0) is 75.1 Å². The lowest BCUT2D eigenvalue weighted by Gasteiger charge is -2.16. The number of fused-ring (bicyclic) bond motifs is 3. The number of benzene rings is 3. The van der Waals surface area contributed by atoms with Crippen molar-refractivity contribution in [1.29, 1.82) is 0 Å². The van der Waals surface area contributed by atoms with Crippen molar-refractivity contribution >= 4 is 33.5 Å². The number of carbonyl (C=O) groups is 1. The Labute approximate surface area is 247 Å². The number of anilines is 1. The van der Waals surface area contributed by atoms with Gasteiger partial charge in [-0.15, -0.1) is 0 Å². The maximum absolute atomic E-state index is 12.7. The molecule has 218 valence electrons. The quantitative estimate of drug-likeness (QED) is 0.169. The van der Waals surface area contributed by atoms with Crippen LogP contribution in [0.2, 0.25) is 0 Å². The Morgan fingerprint density at radius 1 is 0.929 bits per heavy atom. The highest BCUT2D eigenvalue weighted by Crippen LogP contribution is 2.37. The minimum atomic E-state index is -0.0425. The van der Waals surface area contributed by atoms with E-state index in [1.165, 1.54) is 22.4 Å². The van der Waals surface area contributed by atoms with Crippen molar-refractivity contribution in [3.8, 4) is 17.2 Å². The number of hydrogen-bond acceptors (Lipinski definition) is 5. The molecule has 0 spiro atoms. The lowest BCUT2D eigenvalue weighted by molar-refractivity contribution is -0.120. The molecule has 0 radical (unpaired) electrons. The number of rotatable bonds is 11. The summed E-state index contributed by atoms with van der Waals surface area (Å²) in [5.74, 6) is 1.29. The monoisotopic (exact) mass is 564 g/mol. The van der Waals surface area contributed by atoms with E-state index >= 15 is 0 Å². The molecule has 3 aromatic carbocycles. The molecule has 0 aliphatic carbocycles. The highest BCUT2D eigenvalue weighted by Gasteiger charge is 2.19. The van der Waals surface area contributed by atoms with Crippen LogP contribution in [0.1, 0.15) is 41.3 Å². The van der Waals surface area contributed by atoms with Crippen LogP contribution >= 0.6 is 0 Å². The van der Waals surface area contributed by atoms with Crippen molar-refractivity contribution in [2.75, 3.05) is 32.1 Å². The second-order valence-electron chi connectivity index (χ2n) is 10.9. The van der Waals surface area contributed by atoms with Crippen molar-refractivity contribution in [3.63, 3.8) is 0 Å². The Bertz CT molecular complexity index is 1730. The fourth-order valence-electron chi connectivity index (χ4n) is 5.77. The third-order valence-corrected chi connectivity index (χ3v) is 7.43. The van der Waals surface area contributed by atoms with Crippen molar-refractivity contribution in [2.45, 2.75) is 47.5 Å². The van der Waals surface area contributed by atoms with Gasteiger partial charge in [-0.2, -0.15) is 0 Å². The number of amides is 1. The van der Waals surface area contributed by atoms with Crippen molar-refractivity contribution in [3.05, 3.63) is 88.6 Å². The highest BCUT2D eigenvalue weighted by molar-refractivity contribution is 6.14. The summed E-state index contributed by atoms with van der Waals surface area (Å²) in [5, 5.41) is 8.86. The second-order valence-corrected chi connectivity index (χ2v) is 10.9. The molecule has 0 fully saturated rings. The van der Waals surface area contributed by atoms with Gasteiger partial charge in [0.25, 0.3) is 0 Å². The summed E-state index contributed by atoms with van der Waals surface area (Å²) in [6, 6.07) is 20.7. The maximum atomic E-state index is 12.7. The van der Waals surface area contributed by atoms with Crippen molar-refractivity contribution in [1.82, 2.24) is 14.9 Å². The van der Waals surface area contributed by atoms with E-state index in [0.717, 1.165) is 45.3 Å². The largest absolute Gasteiger partial charge is 0.493 e. The molecule has 7 nitrogen and oxygen atoms in total. The van der Waals surface area contributed by atoms with Crippen LogP contribution in [-0.2, 0) is 11.2 Å². The van der Waals surface area contributed by atoms with Gasteiger partial charge < -0.3 is 20.1 Å². The molecule has 0 atom stereocenters. The molecule has 2 N–H and O–H groups in total. The Morgan fingerprint density at radius 3 is 2.43 bits per heavy atom. The van der Waals surface area contributed by atoms with E-state index in [2.05, 4.69) is 85.4 Å². The molecule has 0 aliphatic heterocycles. The molecule has 0 saturated carbocycles. The summed E-state index contributed by atoms with van der Waals surface area (Å²) >= 11 is 0. The number of ether oxygens (including phenoxy) is 2. The molecule has 1 amide bonds. The molecule has 0 unspecified atom stereocenters. The lowest BCUT2D eigenvalue weighted by Crippen LogP contribution is -2.30. The number of nitrogens with one attached hydrogen (secondary N) is 2. The first-order valence-electron chi connectivity index (χ1n) is 14.6. The van der Waals surface area contributed by atoms with Gasteiger partial charge >= 0.3 is 0 Å². The summed E-state index contributed by atoms with van der Waals surface area (Å²) in [5.41, 5.74) is 9.73. The molecule has 2 aromatic heterocycles. The maximum Gasteiger partial charge on any atom is 0.224 e. The third-order valence-electron chi connectivity index (χ3n) is 7.43. The summed E-state index contributed by atoms with van der Waals surface area (Å²) in [6.07, 6.45) is 1.19. The van der Waals surface area contributed by atoms with Gasteiger partial charge in [0.2, 0.25) is 5.91 Å². The SMILES string of the molecule is CCCOc1ccc(CC(=O)NCCNc2cc(C)nc3c2c2ccccc2n3-c2c(C)cc(C)cc2C)cc1OC. The van der Waals surface area contributed by atoms with Crippen LogP contribution in [0.25, 0.3) is 27.6 Å². The van der Waals surface area contributed by atoms with E-state index in [1.807, 2.05) is 25.1 Å². The number of hydrogen-bond donors (Lipinski definition) is 2. The zero-order valence-electron chi connectivity index (χ0n) is 25.4. The number of para-hydroxylation sites is 1. The molecule has 7 heteroatoms. The van der Waals surface area contributed by atoms with Crippen LogP contribution in [0.15, 0.2) is 60.7 Å². The standard InChI is InChI=1S/C35H40N4O3/c1-7-16-42-30-13-12-26(20-31(30)41-6)21-32(40)37-15-14-36-28-19-25(5)38-35-33(28)27-10-8-9-11-29(27)39(35)34-23(3)17-22(2)18-24(34)4/h8-13,17-20H,7,14-16,21H2,1-6H3,(H,36,38)(H,37,40). The van der Waals surface area contributed by atoms with Gasteiger partial charge in [0.15, 0.2) is 11.5 Å². The molecule has 0 aliphatic rings. The predicted octanol–water partition coefficient (Wildman–Crippen LogP) is 6.98. The fraction of sp³-hybridized carbons (Fsp3) is 0.314. The first-order chi connectivity index (χ1) is 20.3. The number of methoxy groups -OCH3 is 1. The molecular weight excluding hydrogens is 524 g/mol. The van der Waals surface area contributed by atoms with Gasteiger partial charge in [-0.25, -0.2) is 4.98 Å². The molecule has 2 heterocycles. The second kappa shape index (κ2) is 12.6. The van der Waals surface area contributed by atoms with E-state index in [9.17, 15) is 4.79 Å². The van der Waals surface area contributed by atoms with Gasteiger partial charge in [-0.3, -0.25) is 9.36 Å².